The van der Waals surface area contributed by atoms with Crippen LogP contribution in [0.25, 0.3) is 0 Å². The number of hydrogen-bond donors (Lipinski definition) is 1. The fourth-order valence-electron chi connectivity index (χ4n) is 1.02. The SMILES string of the molecule is C=C(F)C(=O)OC(OCC(F)(F)S(=O)(=O)[O-])(C(=O)NC)C(F)(F)F. The zero-order chi connectivity index (χ0) is 19.6. The summed E-state index contributed by atoms with van der Waals surface area (Å²) < 4.78 is 115. The van der Waals surface area contributed by atoms with Gasteiger partial charge < -0.3 is 19.3 Å². The van der Waals surface area contributed by atoms with Crippen LogP contribution in [0.15, 0.2) is 12.4 Å². The van der Waals surface area contributed by atoms with Gasteiger partial charge in [0.05, 0.1) is 0 Å². The molecule has 1 amide bonds. The molecular formula is C9H8F6NO7S-. The van der Waals surface area contributed by atoms with Crippen molar-refractivity contribution in [3.63, 3.8) is 0 Å². The lowest BCUT2D eigenvalue weighted by atomic mass is 10.2. The Morgan fingerprint density at radius 2 is 1.67 bits per heavy atom. The first kappa shape index (κ1) is 22.1. The van der Waals surface area contributed by atoms with E-state index in [0.717, 1.165) is 0 Å². The van der Waals surface area contributed by atoms with Gasteiger partial charge in [0.25, 0.3) is 0 Å². The van der Waals surface area contributed by atoms with Crippen LogP contribution in [0.5, 0.6) is 0 Å². The van der Waals surface area contributed by atoms with E-state index >= 15 is 0 Å². The summed E-state index contributed by atoms with van der Waals surface area (Å²) in [5, 5.41) is -4.17. The topological polar surface area (TPSA) is 122 Å². The fourth-order valence-corrected chi connectivity index (χ4v) is 1.22. The van der Waals surface area contributed by atoms with E-state index in [4.69, 9.17) is 0 Å². The monoisotopic (exact) mass is 388 g/mol. The molecule has 0 aliphatic heterocycles. The van der Waals surface area contributed by atoms with Gasteiger partial charge >= 0.3 is 29.1 Å². The van der Waals surface area contributed by atoms with E-state index < -0.39 is 51.6 Å². The number of carbonyl (C=O) groups excluding carboxylic acids is 2. The van der Waals surface area contributed by atoms with E-state index in [9.17, 15) is 48.9 Å². The summed E-state index contributed by atoms with van der Waals surface area (Å²) in [6.45, 7) is -0.557. The Bertz CT molecular complexity index is 631. The van der Waals surface area contributed by atoms with Gasteiger partial charge in [0.1, 0.15) is 6.61 Å². The molecule has 24 heavy (non-hydrogen) atoms. The molecule has 0 aromatic carbocycles. The van der Waals surface area contributed by atoms with Crippen LogP contribution in [0.2, 0.25) is 0 Å². The molecule has 0 rings (SSSR count). The zero-order valence-corrected chi connectivity index (χ0v) is 12.3. The highest BCUT2D eigenvalue weighted by Crippen LogP contribution is 2.37. The summed E-state index contributed by atoms with van der Waals surface area (Å²) in [6, 6.07) is 0. The van der Waals surface area contributed by atoms with Crippen molar-refractivity contribution in [2.75, 3.05) is 13.7 Å². The third kappa shape index (κ3) is 4.57. The Kier molecular flexibility index (Phi) is 6.40. The molecule has 0 fully saturated rings. The largest absolute Gasteiger partial charge is 0.743 e. The van der Waals surface area contributed by atoms with Crippen LogP contribution in [0, 0.1) is 0 Å². The van der Waals surface area contributed by atoms with Crippen molar-refractivity contribution < 1.29 is 58.4 Å². The molecule has 0 aliphatic rings. The van der Waals surface area contributed by atoms with E-state index in [1.807, 2.05) is 0 Å². The van der Waals surface area contributed by atoms with Gasteiger partial charge in [-0.2, -0.15) is 26.3 Å². The highest BCUT2D eigenvalue weighted by molar-refractivity contribution is 7.86. The number of ether oxygens (including phenoxy) is 2. The third-order valence-corrected chi connectivity index (χ3v) is 3.02. The van der Waals surface area contributed by atoms with Crippen LogP contribution in [0.3, 0.4) is 0 Å². The van der Waals surface area contributed by atoms with Gasteiger partial charge in [-0.25, -0.2) is 13.2 Å². The molecule has 0 saturated heterocycles. The number of esters is 1. The lowest BCUT2D eigenvalue weighted by molar-refractivity contribution is -0.352. The maximum atomic E-state index is 13.0. The van der Waals surface area contributed by atoms with Crippen LogP contribution in [-0.4, -0.2) is 55.7 Å². The normalized spacial score (nSPS) is 15.3. The van der Waals surface area contributed by atoms with Crippen LogP contribution < -0.4 is 5.32 Å². The minimum Gasteiger partial charge on any atom is -0.743 e. The number of hydrogen-bond acceptors (Lipinski definition) is 7. The zero-order valence-electron chi connectivity index (χ0n) is 11.4. The second-order valence-electron chi connectivity index (χ2n) is 3.87. The van der Waals surface area contributed by atoms with E-state index in [1.54, 1.807) is 0 Å². The second kappa shape index (κ2) is 6.94. The molecule has 0 aromatic heterocycles. The first-order valence-electron chi connectivity index (χ1n) is 5.35. The van der Waals surface area contributed by atoms with Crippen molar-refractivity contribution in [3.8, 4) is 0 Å². The number of halogens is 6. The minimum absolute atomic E-state index is 0.534. The maximum Gasteiger partial charge on any atom is 0.466 e. The lowest BCUT2D eigenvalue weighted by Crippen LogP contribution is -2.62. The predicted octanol–water partition coefficient (Wildman–Crippen LogP) is 0.172. The van der Waals surface area contributed by atoms with Crippen molar-refractivity contribution in [3.05, 3.63) is 12.4 Å². The summed E-state index contributed by atoms with van der Waals surface area (Å²) in [5.41, 5.74) is 0. The summed E-state index contributed by atoms with van der Waals surface area (Å²) in [5.74, 6) is -11.9. The first-order valence-corrected chi connectivity index (χ1v) is 6.76. The summed E-state index contributed by atoms with van der Waals surface area (Å²) in [4.78, 5) is 22.3. The van der Waals surface area contributed by atoms with Gasteiger partial charge in [0.15, 0.2) is 10.1 Å². The van der Waals surface area contributed by atoms with Gasteiger partial charge in [-0.15, -0.1) is 0 Å². The quantitative estimate of drug-likeness (QED) is 0.217. The summed E-state index contributed by atoms with van der Waals surface area (Å²) in [7, 11) is -5.95. The smallest absolute Gasteiger partial charge is 0.466 e. The molecule has 0 aromatic rings. The molecule has 0 spiro atoms. The molecule has 0 bridgehead atoms. The van der Waals surface area contributed by atoms with E-state index in [2.05, 4.69) is 16.1 Å². The van der Waals surface area contributed by atoms with Gasteiger partial charge in [0.2, 0.25) is 5.83 Å². The first-order chi connectivity index (χ1) is 10.5. The predicted molar refractivity (Wildman–Crippen MR) is 59.8 cm³/mol. The molecule has 1 atom stereocenters. The molecule has 15 heteroatoms. The van der Waals surface area contributed by atoms with Gasteiger partial charge in [-0.3, -0.25) is 4.79 Å². The van der Waals surface area contributed by atoms with Crippen molar-refractivity contribution in [2.24, 2.45) is 0 Å². The summed E-state index contributed by atoms with van der Waals surface area (Å²) in [6.07, 6.45) is -6.07. The fraction of sp³-hybridized carbons (Fsp3) is 0.556. The van der Waals surface area contributed by atoms with Crippen molar-refractivity contribution in [2.45, 2.75) is 17.2 Å². The van der Waals surface area contributed by atoms with Crippen LogP contribution in [-0.2, 0) is 29.2 Å². The van der Waals surface area contributed by atoms with Crippen molar-refractivity contribution in [1.29, 1.82) is 0 Å². The average molecular weight is 388 g/mol. The molecule has 8 nitrogen and oxygen atoms in total. The Balaban J connectivity index is 5.99. The molecule has 0 saturated carbocycles. The molecule has 1 N–H and O–H groups in total. The van der Waals surface area contributed by atoms with Gasteiger partial charge in [-0.1, -0.05) is 6.58 Å². The lowest BCUT2D eigenvalue weighted by Gasteiger charge is -2.33. The van der Waals surface area contributed by atoms with Gasteiger partial charge in [0, 0.05) is 7.05 Å². The summed E-state index contributed by atoms with van der Waals surface area (Å²) >= 11 is 0. The standard InChI is InChI=1S/C9H9F6NO7S/c1-4(10)5(17)23-8(6(18)16-2,9(13,14)15)22-3-7(11,12)24(19,20)21/h1,3H2,2H3,(H,16,18)(H,19,20,21)/p-1. The van der Waals surface area contributed by atoms with Crippen LogP contribution in [0.4, 0.5) is 26.3 Å². The average Bonchev–Trinajstić information content (AvgIpc) is 2.39. The molecular weight excluding hydrogens is 380 g/mol. The van der Waals surface area contributed by atoms with Crippen molar-refractivity contribution in [1.82, 2.24) is 5.32 Å². The van der Waals surface area contributed by atoms with E-state index in [0.29, 0.717) is 7.05 Å². The number of amides is 1. The van der Waals surface area contributed by atoms with E-state index in [1.165, 1.54) is 5.32 Å². The number of rotatable bonds is 7. The van der Waals surface area contributed by atoms with E-state index in [-0.39, 0.29) is 0 Å². The number of carbonyl (C=O) groups is 2. The van der Waals surface area contributed by atoms with Crippen LogP contribution in [0.1, 0.15) is 0 Å². The highest BCUT2D eigenvalue weighted by atomic mass is 32.2. The third-order valence-electron chi connectivity index (χ3n) is 2.17. The Labute approximate surface area is 130 Å². The Morgan fingerprint density at radius 3 is 1.96 bits per heavy atom. The number of likely N-dealkylation sites (N-methyl/N-ethyl adjacent to an activating group) is 1. The Morgan fingerprint density at radius 1 is 1.21 bits per heavy atom. The Hall–Kier alpha value is -1.87. The molecule has 0 aliphatic carbocycles. The second-order valence-corrected chi connectivity index (χ2v) is 5.37. The van der Waals surface area contributed by atoms with Crippen molar-refractivity contribution >= 4 is 22.0 Å². The minimum atomic E-state index is -6.49. The molecule has 140 valence electrons. The molecule has 0 heterocycles. The molecule has 0 radical (unpaired) electrons. The van der Waals surface area contributed by atoms with Gasteiger partial charge in [-0.05, 0) is 0 Å². The maximum absolute atomic E-state index is 13.0. The number of nitrogens with one attached hydrogen (secondary N) is 1. The number of alkyl halides is 5. The highest BCUT2D eigenvalue weighted by Gasteiger charge is 2.67. The van der Waals surface area contributed by atoms with Crippen LogP contribution >= 0.6 is 0 Å². The molecule has 1 unspecified atom stereocenters.